The van der Waals surface area contributed by atoms with E-state index in [4.69, 9.17) is 11.6 Å². The van der Waals surface area contributed by atoms with Crippen molar-refractivity contribution < 1.29 is 0 Å². The number of rotatable bonds is 7. The Bertz CT molecular complexity index is 368. The highest BCUT2D eigenvalue weighted by atomic mass is 35.5. The third-order valence-corrected chi connectivity index (χ3v) is 3.52. The molecule has 18 heavy (non-hydrogen) atoms. The lowest BCUT2D eigenvalue weighted by Crippen LogP contribution is -2.29. The van der Waals surface area contributed by atoms with E-state index >= 15 is 0 Å². The normalized spacial score (nSPS) is 12.5. The molecule has 0 saturated carbocycles. The average molecular weight is 270 g/mol. The van der Waals surface area contributed by atoms with Gasteiger partial charge in [-0.2, -0.15) is 0 Å². The van der Waals surface area contributed by atoms with Gasteiger partial charge in [-0.3, -0.25) is 0 Å². The summed E-state index contributed by atoms with van der Waals surface area (Å²) in [5.74, 6) is 0.994. The summed E-state index contributed by atoms with van der Waals surface area (Å²) in [6, 6.07) is 4.42. The van der Waals surface area contributed by atoms with Crippen LogP contribution in [-0.4, -0.2) is 24.6 Å². The van der Waals surface area contributed by atoms with E-state index in [9.17, 15) is 0 Å². The van der Waals surface area contributed by atoms with Crippen molar-refractivity contribution in [2.24, 2.45) is 0 Å². The Balaban J connectivity index is 2.82. The molecule has 0 bridgehead atoms. The summed E-state index contributed by atoms with van der Waals surface area (Å²) in [6.45, 7) is 8.15. The lowest BCUT2D eigenvalue weighted by atomic mass is 10.2. The lowest BCUT2D eigenvalue weighted by molar-refractivity contribution is 0.609. The number of aromatic nitrogens is 1. The number of pyridine rings is 1. The second-order valence-electron chi connectivity index (χ2n) is 4.63. The van der Waals surface area contributed by atoms with Gasteiger partial charge in [0.05, 0.1) is 10.7 Å². The van der Waals surface area contributed by atoms with Gasteiger partial charge in [-0.15, -0.1) is 0 Å². The van der Waals surface area contributed by atoms with Crippen molar-refractivity contribution >= 4 is 17.4 Å². The molecule has 0 aliphatic heterocycles. The zero-order valence-electron chi connectivity index (χ0n) is 11.8. The molecule has 3 nitrogen and oxygen atoms in total. The highest BCUT2D eigenvalue weighted by Gasteiger charge is 2.12. The van der Waals surface area contributed by atoms with Gasteiger partial charge in [0, 0.05) is 19.6 Å². The van der Waals surface area contributed by atoms with Crippen LogP contribution in [0.1, 0.15) is 39.3 Å². The summed E-state index contributed by atoms with van der Waals surface area (Å²) in [5, 5.41) is 3.99. The molecule has 102 valence electrons. The minimum atomic E-state index is 0.496. The Morgan fingerprint density at radius 1 is 1.39 bits per heavy atom. The van der Waals surface area contributed by atoms with E-state index in [0.717, 1.165) is 29.6 Å². The van der Waals surface area contributed by atoms with E-state index in [1.807, 2.05) is 12.1 Å². The number of nitrogens with one attached hydrogen (secondary N) is 1. The molecule has 0 saturated heterocycles. The zero-order valence-corrected chi connectivity index (χ0v) is 12.6. The van der Waals surface area contributed by atoms with Crippen molar-refractivity contribution in [2.75, 3.05) is 18.5 Å². The number of halogens is 1. The van der Waals surface area contributed by atoms with Crippen molar-refractivity contribution in [1.82, 2.24) is 10.3 Å². The Morgan fingerprint density at radius 2 is 2.11 bits per heavy atom. The fraction of sp³-hybridized carbons (Fsp3) is 0.643. The molecule has 1 rings (SSSR count). The van der Waals surface area contributed by atoms with Crippen molar-refractivity contribution in [3.05, 3.63) is 22.8 Å². The first-order valence-electron chi connectivity index (χ1n) is 6.69. The standard InChI is InChI=1S/C14H24ClN3/c1-5-7-11(3)18(4)14-9-8-12(15)13(17-14)10-16-6-2/h8-9,11,16H,5-7,10H2,1-4H3. The molecule has 4 heteroatoms. The fourth-order valence-electron chi connectivity index (χ4n) is 1.87. The topological polar surface area (TPSA) is 28.2 Å². The molecule has 1 aromatic heterocycles. The molecular weight excluding hydrogens is 246 g/mol. The van der Waals surface area contributed by atoms with E-state index in [0.29, 0.717) is 6.04 Å². The van der Waals surface area contributed by atoms with Crippen LogP contribution in [0.4, 0.5) is 5.82 Å². The summed E-state index contributed by atoms with van der Waals surface area (Å²) >= 11 is 6.16. The maximum Gasteiger partial charge on any atom is 0.128 e. The highest BCUT2D eigenvalue weighted by molar-refractivity contribution is 6.31. The van der Waals surface area contributed by atoms with Crippen molar-refractivity contribution in [1.29, 1.82) is 0 Å². The molecule has 1 aromatic rings. The maximum atomic E-state index is 6.16. The first-order chi connectivity index (χ1) is 8.60. The van der Waals surface area contributed by atoms with Crippen molar-refractivity contribution in [3.63, 3.8) is 0 Å². The minimum Gasteiger partial charge on any atom is -0.357 e. The summed E-state index contributed by atoms with van der Waals surface area (Å²) in [6.07, 6.45) is 2.35. The van der Waals surface area contributed by atoms with Crippen LogP contribution in [0.5, 0.6) is 0 Å². The van der Waals surface area contributed by atoms with Gasteiger partial charge < -0.3 is 10.2 Å². The van der Waals surface area contributed by atoms with E-state index in [2.05, 4.69) is 43.0 Å². The van der Waals surface area contributed by atoms with Gasteiger partial charge in [0.1, 0.15) is 5.82 Å². The van der Waals surface area contributed by atoms with Gasteiger partial charge in [0.15, 0.2) is 0 Å². The highest BCUT2D eigenvalue weighted by Crippen LogP contribution is 2.20. The SMILES string of the molecule is CCCC(C)N(C)c1ccc(Cl)c(CNCC)n1. The lowest BCUT2D eigenvalue weighted by Gasteiger charge is -2.26. The molecule has 1 heterocycles. The summed E-state index contributed by atoms with van der Waals surface area (Å²) in [4.78, 5) is 6.86. The van der Waals surface area contributed by atoms with E-state index < -0.39 is 0 Å². The van der Waals surface area contributed by atoms with Gasteiger partial charge in [0.2, 0.25) is 0 Å². The van der Waals surface area contributed by atoms with Gasteiger partial charge in [-0.1, -0.05) is 31.9 Å². The Labute approximate surface area is 116 Å². The van der Waals surface area contributed by atoms with E-state index in [1.54, 1.807) is 0 Å². The third-order valence-electron chi connectivity index (χ3n) is 3.18. The molecule has 0 fully saturated rings. The van der Waals surface area contributed by atoms with Crippen LogP contribution in [0.2, 0.25) is 5.02 Å². The van der Waals surface area contributed by atoms with Gasteiger partial charge in [-0.05, 0) is 32.0 Å². The molecule has 0 aromatic carbocycles. The summed E-state index contributed by atoms with van der Waals surface area (Å²) < 4.78 is 0. The quantitative estimate of drug-likeness (QED) is 0.822. The first-order valence-corrected chi connectivity index (χ1v) is 7.06. The molecule has 1 atom stereocenters. The molecule has 1 N–H and O–H groups in total. The van der Waals surface area contributed by atoms with Crippen molar-refractivity contribution in [2.45, 2.75) is 46.2 Å². The van der Waals surface area contributed by atoms with Crippen LogP contribution in [0.25, 0.3) is 0 Å². The number of hydrogen-bond donors (Lipinski definition) is 1. The average Bonchev–Trinajstić information content (AvgIpc) is 2.37. The molecule has 1 unspecified atom stereocenters. The second kappa shape index (κ2) is 7.59. The molecule has 0 spiro atoms. The third kappa shape index (κ3) is 4.14. The summed E-state index contributed by atoms with van der Waals surface area (Å²) in [5.41, 5.74) is 0.923. The maximum absolute atomic E-state index is 6.16. The zero-order chi connectivity index (χ0) is 13.5. The number of nitrogens with zero attached hydrogens (tertiary/aromatic N) is 2. The van der Waals surface area contributed by atoms with Gasteiger partial charge in [-0.25, -0.2) is 4.98 Å². The number of anilines is 1. The van der Waals surface area contributed by atoms with Crippen LogP contribution >= 0.6 is 11.6 Å². The molecule has 0 amide bonds. The smallest absolute Gasteiger partial charge is 0.128 e. The van der Waals surface area contributed by atoms with Crippen LogP contribution in [0.3, 0.4) is 0 Å². The van der Waals surface area contributed by atoms with Gasteiger partial charge >= 0.3 is 0 Å². The number of hydrogen-bond acceptors (Lipinski definition) is 3. The molecule has 0 aliphatic carbocycles. The van der Waals surface area contributed by atoms with E-state index in [1.165, 1.54) is 12.8 Å². The predicted octanol–water partition coefficient (Wildman–Crippen LogP) is 3.47. The van der Waals surface area contributed by atoms with Crippen LogP contribution in [0.15, 0.2) is 12.1 Å². The Kier molecular flexibility index (Phi) is 6.44. The van der Waals surface area contributed by atoms with Crippen molar-refractivity contribution in [3.8, 4) is 0 Å². The van der Waals surface area contributed by atoms with E-state index in [-0.39, 0.29) is 0 Å². The second-order valence-corrected chi connectivity index (χ2v) is 5.03. The fourth-order valence-corrected chi connectivity index (χ4v) is 2.05. The van der Waals surface area contributed by atoms with Gasteiger partial charge in [0.25, 0.3) is 0 Å². The van der Waals surface area contributed by atoms with Crippen LogP contribution in [0, 0.1) is 0 Å². The first kappa shape index (κ1) is 15.3. The largest absolute Gasteiger partial charge is 0.357 e. The molecular formula is C14H24ClN3. The molecule has 0 radical (unpaired) electrons. The van der Waals surface area contributed by atoms with Crippen LogP contribution in [-0.2, 0) is 6.54 Å². The Morgan fingerprint density at radius 3 is 2.72 bits per heavy atom. The van der Waals surface area contributed by atoms with Crippen LogP contribution < -0.4 is 10.2 Å². The Hall–Kier alpha value is -0.800. The molecule has 0 aliphatic rings. The monoisotopic (exact) mass is 269 g/mol. The minimum absolute atomic E-state index is 0.496. The predicted molar refractivity (Wildman–Crippen MR) is 79.4 cm³/mol. The summed E-state index contributed by atoms with van der Waals surface area (Å²) in [7, 11) is 2.09.